The molecule has 0 heterocycles. The van der Waals surface area contributed by atoms with Gasteiger partial charge < -0.3 is 0 Å². The van der Waals surface area contributed by atoms with E-state index in [1.165, 1.54) is 30.9 Å². The van der Waals surface area contributed by atoms with Crippen molar-refractivity contribution in [1.29, 1.82) is 0 Å². The number of aryl methyl sites for hydroxylation is 1. The summed E-state index contributed by atoms with van der Waals surface area (Å²) in [5.41, 5.74) is 4.71. The minimum atomic E-state index is -1.55. The molecule has 150 valence electrons. The highest BCUT2D eigenvalue weighted by molar-refractivity contribution is 5.81. The van der Waals surface area contributed by atoms with E-state index in [1.54, 1.807) is 6.07 Å². The second kappa shape index (κ2) is 8.02. The fraction of sp³-hybridized carbons (Fsp3) is 0.280. The molecule has 0 atom stereocenters. The van der Waals surface area contributed by atoms with E-state index >= 15 is 4.39 Å². The zero-order valence-corrected chi connectivity index (χ0v) is 16.3. The largest absolute Gasteiger partial charge is 0.206 e. The van der Waals surface area contributed by atoms with Crippen molar-refractivity contribution in [2.75, 3.05) is 0 Å². The lowest BCUT2D eigenvalue weighted by Gasteiger charge is -2.09. The highest BCUT2D eigenvalue weighted by Crippen LogP contribution is 2.41. The number of unbranched alkanes of at least 4 members (excludes halogenated alkanes) is 3. The second-order valence-electron chi connectivity index (χ2n) is 7.69. The lowest BCUT2D eigenvalue weighted by Crippen LogP contribution is -1.96. The predicted octanol–water partition coefficient (Wildman–Crippen LogP) is 7.60. The van der Waals surface area contributed by atoms with E-state index in [1.807, 2.05) is 6.07 Å². The fourth-order valence-corrected chi connectivity index (χ4v) is 4.14. The third kappa shape index (κ3) is 3.68. The molecule has 4 rings (SSSR count). The Kier molecular flexibility index (Phi) is 5.44. The van der Waals surface area contributed by atoms with Gasteiger partial charge in [-0.15, -0.1) is 0 Å². The Morgan fingerprint density at radius 3 is 2.14 bits per heavy atom. The van der Waals surface area contributed by atoms with Gasteiger partial charge in [0.2, 0.25) is 0 Å². The number of hydrogen-bond acceptors (Lipinski definition) is 0. The Bertz CT molecular complexity index is 1050. The van der Waals surface area contributed by atoms with Crippen LogP contribution < -0.4 is 0 Å². The summed E-state index contributed by atoms with van der Waals surface area (Å²) < 4.78 is 55.7. The topological polar surface area (TPSA) is 0 Å². The number of fused-ring (bicyclic) bond motifs is 3. The van der Waals surface area contributed by atoms with E-state index in [2.05, 4.69) is 19.1 Å². The van der Waals surface area contributed by atoms with E-state index < -0.39 is 23.3 Å². The van der Waals surface area contributed by atoms with Crippen molar-refractivity contribution in [3.8, 4) is 22.3 Å². The van der Waals surface area contributed by atoms with Gasteiger partial charge in [0.1, 0.15) is 5.82 Å². The van der Waals surface area contributed by atoms with Crippen LogP contribution in [0.2, 0.25) is 0 Å². The summed E-state index contributed by atoms with van der Waals surface area (Å²) in [6, 6.07) is 11.2. The van der Waals surface area contributed by atoms with Crippen LogP contribution in [0, 0.1) is 23.3 Å². The van der Waals surface area contributed by atoms with Gasteiger partial charge in [0.15, 0.2) is 17.5 Å². The highest BCUT2D eigenvalue weighted by Gasteiger charge is 2.25. The van der Waals surface area contributed by atoms with E-state index in [4.69, 9.17) is 0 Å². The average Bonchev–Trinajstić information content (AvgIpc) is 3.08. The zero-order chi connectivity index (χ0) is 20.5. The van der Waals surface area contributed by atoms with Crippen molar-refractivity contribution in [2.45, 2.75) is 45.4 Å². The van der Waals surface area contributed by atoms with Gasteiger partial charge in [0.25, 0.3) is 0 Å². The number of rotatable bonds is 6. The van der Waals surface area contributed by atoms with Gasteiger partial charge in [-0.05, 0) is 52.8 Å². The van der Waals surface area contributed by atoms with Crippen LogP contribution in [0.3, 0.4) is 0 Å². The molecule has 0 fully saturated rings. The Labute approximate surface area is 168 Å². The van der Waals surface area contributed by atoms with Crippen LogP contribution >= 0.6 is 0 Å². The molecule has 0 aromatic heterocycles. The van der Waals surface area contributed by atoms with Crippen molar-refractivity contribution in [1.82, 2.24) is 0 Å². The average molecular weight is 398 g/mol. The number of halogens is 4. The van der Waals surface area contributed by atoms with Crippen molar-refractivity contribution >= 4 is 0 Å². The molecule has 0 nitrogen and oxygen atoms in total. The monoisotopic (exact) mass is 398 g/mol. The molecule has 0 N–H and O–H groups in total. The second-order valence-corrected chi connectivity index (χ2v) is 7.69. The molecule has 3 aromatic rings. The summed E-state index contributed by atoms with van der Waals surface area (Å²) in [4.78, 5) is 0. The molecule has 4 heteroatoms. The molecule has 0 saturated heterocycles. The summed E-state index contributed by atoms with van der Waals surface area (Å²) >= 11 is 0. The molecular formula is C25H22F4. The van der Waals surface area contributed by atoms with Crippen molar-refractivity contribution < 1.29 is 17.6 Å². The van der Waals surface area contributed by atoms with E-state index in [0.717, 1.165) is 41.7 Å². The Hall–Kier alpha value is -2.62. The quantitative estimate of drug-likeness (QED) is 0.178. The van der Waals surface area contributed by atoms with Gasteiger partial charge in [-0.25, -0.2) is 17.6 Å². The van der Waals surface area contributed by atoms with Crippen LogP contribution in [-0.4, -0.2) is 0 Å². The Balaban J connectivity index is 1.64. The van der Waals surface area contributed by atoms with E-state index in [9.17, 15) is 13.2 Å². The van der Waals surface area contributed by atoms with Crippen molar-refractivity contribution in [2.24, 2.45) is 0 Å². The summed E-state index contributed by atoms with van der Waals surface area (Å²) in [7, 11) is 0. The molecule has 0 amide bonds. The number of hydrogen-bond donors (Lipinski definition) is 0. The smallest absolute Gasteiger partial charge is 0.194 e. The molecule has 1 aliphatic carbocycles. The normalized spacial score (nSPS) is 12.2. The molecule has 1 aliphatic rings. The molecule has 0 saturated carbocycles. The van der Waals surface area contributed by atoms with Crippen LogP contribution in [0.15, 0.2) is 42.5 Å². The van der Waals surface area contributed by atoms with Crippen LogP contribution in [0.5, 0.6) is 0 Å². The molecule has 0 spiro atoms. The number of benzene rings is 3. The molecule has 0 aliphatic heterocycles. The van der Waals surface area contributed by atoms with Gasteiger partial charge >= 0.3 is 0 Å². The minimum absolute atomic E-state index is 0.00531. The fourth-order valence-electron chi connectivity index (χ4n) is 4.14. The summed E-state index contributed by atoms with van der Waals surface area (Å²) in [5.74, 6) is -4.70. The van der Waals surface area contributed by atoms with Gasteiger partial charge in [-0.2, -0.15) is 0 Å². The minimum Gasteiger partial charge on any atom is -0.206 e. The van der Waals surface area contributed by atoms with Crippen molar-refractivity contribution in [3.05, 3.63) is 82.4 Å². The third-order valence-electron chi connectivity index (χ3n) is 5.68. The molecule has 0 radical (unpaired) electrons. The van der Waals surface area contributed by atoms with Gasteiger partial charge in [-0.3, -0.25) is 0 Å². The molecule has 0 unspecified atom stereocenters. The molecule has 3 aromatic carbocycles. The lowest BCUT2D eigenvalue weighted by atomic mass is 9.97. The Morgan fingerprint density at radius 2 is 1.41 bits per heavy atom. The molecular weight excluding hydrogens is 376 g/mol. The first-order valence-electron chi connectivity index (χ1n) is 10.1. The summed E-state index contributed by atoms with van der Waals surface area (Å²) in [6.07, 6.45) is 6.22. The van der Waals surface area contributed by atoms with Crippen LogP contribution in [-0.2, 0) is 12.8 Å². The SMILES string of the molecule is CCCCCCc1ccc2c(c1)Cc1c-2ccc(-c2cc(F)c(F)c(F)c2)c1F. The first-order valence-corrected chi connectivity index (χ1v) is 10.1. The molecule has 29 heavy (non-hydrogen) atoms. The molecule has 0 bridgehead atoms. The first-order chi connectivity index (χ1) is 14.0. The van der Waals surface area contributed by atoms with Crippen LogP contribution in [0.25, 0.3) is 22.3 Å². The maximum atomic E-state index is 15.2. The van der Waals surface area contributed by atoms with E-state index in [-0.39, 0.29) is 11.1 Å². The van der Waals surface area contributed by atoms with Gasteiger partial charge in [-0.1, -0.05) is 56.5 Å². The highest BCUT2D eigenvalue weighted by atomic mass is 19.2. The van der Waals surface area contributed by atoms with Crippen LogP contribution in [0.4, 0.5) is 17.6 Å². The van der Waals surface area contributed by atoms with E-state index in [0.29, 0.717) is 12.0 Å². The maximum Gasteiger partial charge on any atom is 0.194 e. The van der Waals surface area contributed by atoms with Gasteiger partial charge in [0.05, 0.1) is 0 Å². The Morgan fingerprint density at radius 1 is 0.724 bits per heavy atom. The maximum absolute atomic E-state index is 15.2. The summed E-state index contributed by atoms with van der Waals surface area (Å²) in [6.45, 7) is 2.18. The lowest BCUT2D eigenvalue weighted by molar-refractivity contribution is 0.447. The summed E-state index contributed by atoms with van der Waals surface area (Å²) in [5, 5.41) is 0. The zero-order valence-electron chi connectivity index (χ0n) is 16.3. The van der Waals surface area contributed by atoms with Crippen molar-refractivity contribution in [3.63, 3.8) is 0 Å². The predicted molar refractivity (Wildman–Crippen MR) is 108 cm³/mol. The van der Waals surface area contributed by atoms with Crippen LogP contribution in [0.1, 0.15) is 49.3 Å². The first kappa shape index (κ1) is 19.7. The van der Waals surface area contributed by atoms with Gasteiger partial charge in [0, 0.05) is 17.5 Å². The standard InChI is InChI=1S/C25H22F4/c1-2-3-4-5-6-15-7-8-18-16(11-15)12-21-20(18)10-9-19(24(21)28)17-13-22(26)25(29)23(27)14-17/h7-11,13-14H,2-6,12H2,1H3. The third-order valence-corrected chi connectivity index (χ3v) is 5.68.